The van der Waals surface area contributed by atoms with Crippen LogP contribution in [0.2, 0.25) is 0 Å². The van der Waals surface area contributed by atoms with E-state index in [4.69, 9.17) is 4.74 Å². The summed E-state index contributed by atoms with van der Waals surface area (Å²) in [5, 5.41) is 5.85. The molecule has 0 radical (unpaired) electrons. The van der Waals surface area contributed by atoms with Gasteiger partial charge < -0.3 is 15.4 Å². The highest BCUT2D eigenvalue weighted by Crippen LogP contribution is 2.24. The minimum atomic E-state index is -0.199. The summed E-state index contributed by atoms with van der Waals surface area (Å²) in [7, 11) is 0. The van der Waals surface area contributed by atoms with Crippen LogP contribution in [0.4, 0.5) is 11.4 Å². The van der Waals surface area contributed by atoms with Gasteiger partial charge in [-0.3, -0.25) is 9.59 Å². The summed E-state index contributed by atoms with van der Waals surface area (Å²) in [6.45, 7) is 5.49. The molecule has 0 aliphatic rings. The second-order valence-electron chi connectivity index (χ2n) is 5.70. The Hall–Kier alpha value is -2.82. The molecule has 5 heteroatoms. The third kappa shape index (κ3) is 5.12. The van der Waals surface area contributed by atoms with Gasteiger partial charge in [0, 0.05) is 11.3 Å². The normalized spacial score (nSPS) is 10.3. The lowest BCUT2D eigenvalue weighted by atomic mass is 10.1. The molecule has 1 amide bonds. The molecule has 0 fully saturated rings. The number of ether oxygens (including phenoxy) is 1. The molecule has 126 valence electrons. The highest BCUT2D eigenvalue weighted by molar-refractivity contribution is 5.98. The molecule has 2 rings (SSSR count). The van der Waals surface area contributed by atoms with Crippen molar-refractivity contribution < 1.29 is 14.3 Å². The van der Waals surface area contributed by atoms with Crippen molar-refractivity contribution in [3.63, 3.8) is 0 Å². The molecule has 24 heavy (non-hydrogen) atoms. The third-order valence-corrected chi connectivity index (χ3v) is 3.24. The molecule has 0 aliphatic heterocycles. The molecule has 0 saturated heterocycles. The van der Waals surface area contributed by atoms with Gasteiger partial charge in [-0.1, -0.05) is 24.3 Å². The number of Topliss-reactive ketones (excluding diaryl/α,β-unsaturated/α-hetero) is 1. The van der Waals surface area contributed by atoms with Crippen molar-refractivity contribution in [2.24, 2.45) is 0 Å². The van der Waals surface area contributed by atoms with Crippen LogP contribution in [-0.2, 0) is 4.79 Å². The SMILES string of the molecule is CC(=O)c1cccc(NC(=O)CNc2ccccc2OC(C)C)c1. The van der Waals surface area contributed by atoms with E-state index in [2.05, 4.69) is 10.6 Å². The van der Waals surface area contributed by atoms with E-state index < -0.39 is 0 Å². The Morgan fingerprint density at radius 1 is 1.08 bits per heavy atom. The molecule has 2 aromatic carbocycles. The van der Waals surface area contributed by atoms with Gasteiger partial charge in [0.25, 0.3) is 0 Å². The van der Waals surface area contributed by atoms with Crippen molar-refractivity contribution in [1.29, 1.82) is 0 Å². The molecule has 0 spiro atoms. The smallest absolute Gasteiger partial charge is 0.243 e. The van der Waals surface area contributed by atoms with Crippen LogP contribution >= 0.6 is 0 Å². The average Bonchev–Trinajstić information content (AvgIpc) is 2.53. The van der Waals surface area contributed by atoms with E-state index in [0.717, 1.165) is 5.69 Å². The standard InChI is InChI=1S/C19H22N2O3/c1-13(2)24-18-10-5-4-9-17(18)20-12-19(23)21-16-8-6-7-15(11-16)14(3)22/h4-11,13,20H,12H2,1-3H3,(H,21,23). The van der Waals surface area contributed by atoms with Crippen LogP contribution in [0.3, 0.4) is 0 Å². The van der Waals surface area contributed by atoms with Gasteiger partial charge in [0.05, 0.1) is 18.3 Å². The molecule has 0 aliphatic carbocycles. The van der Waals surface area contributed by atoms with Gasteiger partial charge in [0.15, 0.2) is 5.78 Å². The minimum Gasteiger partial charge on any atom is -0.489 e. The zero-order valence-corrected chi connectivity index (χ0v) is 14.1. The predicted octanol–water partition coefficient (Wildman–Crippen LogP) is 3.73. The van der Waals surface area contributed by atoms with E-state index in [1.165, 1.54) is 6.92 Å². The van der Waals surface area contributed by atoms with Gasteiger partial charge in [0.1, 0.15) is 5.75 Å². The zero-order chi connectivity index (χ0) is 17.5. The number of carbonyl (C=O) groups is 2. The zero-order valence-electron chi connectivity index (χ0n) is 14.1. The summed E-state index contributed by atoms with van der Waals surface area (Å²) in [6, 6.07) is 14.4. The van der Waals surface area contributed by atoms with Crippen molar-refractivity contribution in [2.45, 2.75) is 26.9 Å². The number of ketones is 1. The second kappa shape index (κ2) is 8.15. The summed E-state index contributed by atoms with van der Waals surface area (Å²) in [4.78, 5) is 23.5. The number of para-hydroxylation sites is 2. The lowest BCUT2D eigenvalue weighted by Crippen LogP contribution is -2.22. The van der Waals surface area contributed by atoms with E-state index in [1.807, 2.05) is 38.1 Å². The third-order valence-electron chi connectivity index (χ3n) is 3.24. The second-order valence-corrected chi connectivity index (χ2v) is 5.70. The molecule has 0 bridgehead atoms. The predicted molar refractivity (Wildman–Crippen MR) is 95.8 cm³/mol. The lowest BCUT2D eigenvalue weighted by molar-refractivity contribution is -0.114. The Morgan fingerprint density at radius 3 is 2.54 bits per heavy atom. The van der Waals surface area contributed by atoms with Crippen molar-refractivity contribution in [3.05, 3.63) is 54.1 Å². The van der Waals surface area contributed by atoms with E-state index in [-0.39, 0.29) is 24.3 Å². The van der Waals surface area contributed by atoms with Crippen LogP contribution in [0.5, 0.6) is 5.75 Å². The van der Waals surface area contributed by atoms with Gasteiger partial charge in [-0.25, -0.2) is 0 Å². The Morgan fingerprint density at radius 2 is 1.83 bits per heavy atom. The first-order valence-corrected chi connectivity index (χ1v) is 7.86. The van der Waals surface area contributed by atoms with Gasteiger partial charge in [-0.2, -0.15) is 0 Å². The monoisotopic (exact) mass is 326 g/mol. The molecule has 0 atom stereocenters. The number of carbonyl (C=O) groups excluding carboxylic acids is 2. The van der Waals surface area contributed by atoms with Crippen molar-refractivity contribution >= 4 is 23.1 Å². The number of anilines is 2. The largest absolute Gasteiger partial charge is 0.489 e. The number of benzene rings is 2. The summed E-state index contributed by atoms with van der Waals surface area (Å²) in [6.07, 6.45) is 0.0519. The van der Waals surface area contributed by atoms with Crippen molar-refractivity contribution in [3.8, 4) is 5.75 Å². The topological polar surface area (TPSA) is 67.4 Å². The fraction of sp³-hybridized carbons (Fsp3) is 0.263. The van der Waals surface area contributed by atoms with Gasteiger partial charge in [-0.15, -0.1) is 0 Å². The highest BCUT2D eigenvalue weighted by Gasteiger charge is 2.08. The maximum Gasteiger partial charge on any atom is 0.243 e. The van der Waals surface area contributed by atoms with Crippen LogP contribution < -0.4 is 15.4 Å². The van der Waals surface area contributed by atoms with Gasteiger partial charge in [-0.05, 0) is 45.0 Å². The quantitative estimate of drug-likeness (QED) is 0.761. The number of hydrogen-bond donors (Lipinski definition) is 2. The van der Waals surface area contributed by atoms with Gasteiger partial charge in [0.2, 0.25) is 5.91 Å². The molecule has 5 nitrogen and oxygen atoms in total. The van der Waals surface area contributed by atoms with E-state index in [0.29, 0.717) is 17.0 Å². The van der Waals surface area contributed by atoms with Crippen LogP contribution in [0.1, 0.15) is 31.1 Å². The first-order chi connectivity index (χ1) is 11.5. The summed E-state index contributed by atoms with van der Waals surface area (Å²) in [5.41, 5.74) is 1.93. The maximum atomic E-state index is 12.1. The molecule has 2 N–H and O–H groups in total. The van der Waals surface area contributed by atoms with Crippen LogP contribution in [0, 0.1) is 0 Å². The molecular formula is C19H22N2O3. The highest BCUT2D eigenvalue weighted by atomic mass is 16.5. The molecule has 0 unspecified atom stereocenters. The molecule has 0 saturated carbocycles. The summed E-state index contributed by atoms with van der Waals surface area (Å²) >= 11 is 0. The number of hydrogen-bond acceptors (Lipinski definition) is 4. The van der Waals surface area contributed by atoms with Crippen LogP contribution in [0.15, 0.2) is 48.5 Å². The molecule has 0 aromatic heterocycles. The fourth-order valence-corrected chi connectivity index (χ4v) is 2.17. The van der Waals surface area contributed by atoms with E-state index in [1.54, 1.807) is 24.3 Å². The lowest BCUT2D eigenvalue weighted by Gasteiger charge is -2.15. The molecular weight excluding hydrogens is 304 g/mol. The van der Waals surface area contributed by atoms with Crippen molar-refractivity contribution in [2.75, 3.05) is 17.2 Å². The van der Waals surface area contributed by atoms with E-state index >= 15 is 0 Å². The van der Waals surface area contributed by atoms with Crippen LogP contribution in [0.25, 0.3) is 0 Å². The first kappa shape index (κ1) is 17.5. The fourth-order valence-electron chi connectivity index (χ4n) is 2.17. The Kier molecular flexibility index (Phi) is 5.95. The maximum absolute atomic E-state index is 12.1. The summed E-state index contributed by atoms with van der Waals surface area (Å²) < 4.78 is 5.71. The number of nitrogens with one attached hydrogen (secondary N) is 2. The Bertz CT molecular complexity index is 726. The van der Waals surface area contributed by atoms with E-state index in [9.17, 15) is 9.59 Å². The molecule has 0 heterocycles. The average molecular weight is 326 g/mol. The number of amides is 1. The minimum absolute atomic E-state index is 0.0380. The summed E-state index contributed by atoms with van der Waals surface area (Å²) in [5.74, 6) is 0.470. The number of rotatable bonds is 7. The Balaban J connectivity index is 1.96. The van der Waals surface area contributed by atoms with Gasteiger partial charge >= 0.3 is 0 Å². The molecule has 2 aromatic rings. The first-order valence-electron chi connectivity index (χ1n) is 7.86. The Labute approximate surface area is 142 Å². The van der Waals surface area contributed by atoms with Crippen molar-refractivity contribution in [1.82, 2.24) is 0 Å². The van der Waals surface area contributed by atoms with Crippen LogP contribution in [-0.4, -0.2) is 24.3 Å².